The van der Waals surface area contributed by atoms with E-state index in [0.717, 1.165) is 11.4 Å². The lowest BCUT2D eigenvalue weighted by Gasteiger charge is -2.34. The number of para-hydroxylation sites is 3. The smallest absolute Gasteiger partial charge is 0.0713 e. The molecule has 1 aliphatic carbocycles. The molecular weight excluding hydrogens is 1120 g/mol. The van der Waals surface area contributed by atoms with Crippen molar-refractivity contribution in [1.29, 1.82) is 0 Å². The Balaban J connectivity index is 0.653. The molecule has 0 atom stereocenters. The molecule has 0 N–H and O–H groups in total. The fourth-order valence-corrected chi connectivity index (χ4v) is 15.3. The van der Waals surface area contributed by atoms with Crippen molar-refractivity contribution in [3.8, 4) is 100 Å². The van der Waals surface area contributed by atoms with Crippen molar-refractivity contribution in [2.24, 2.45) is 0 Å². The van der Waals surface area contributed by atoms with Crippen LogP contribution >= 0.6 is 0 Å². The van der Waals surface area contributed by atoms with E-state index >= 15 is 0 Å². The summed E-state index contributed by atoms with van der Waals surface area (Å²) >= 11 is 0. The lowest BCUT2D eigenvalue weighted by atomic mass is 9.67. The largest absolute Gasteiger partial charge is 0.309 e. The second-order valence-electron chi connectivity index (χ2n) is 24.7. The lowest BCUT2D eigenvalue weighted by molar-refractivity contribution is 0.769. The molecule has 0 bridgehead atoms. The van der Waals surface area contributed by atoms with Gasteiger partial charge in [0.15, 0.2) is 0 Å². The van der Waals surface area contributed by atoms with Gasteiger partial charge in [-0.25, -0.2) is 0 Å². The first-order valence-corrected chi connectivity index (χ1v) is 32.2. The molecule has 93 heavy (non-hydrogen) atoms. The summed E-state index contributed by atoms with van der Waals surface area (Å²) in [5, 5.41) is 4.94. The second kappa shape index (κ2) is 22.1. The second-order valence-corrected chi connectivity index (χ2v) is 24.7. The number of hydrogen-bond acceptors (Lipinski definition) is 0. The zero-order valence-electron chi connectivity index (χ0n) is 51.0. The number of hydrogen-bond donors (Lipinski definition) is 0. The van der Waals surface area contributed by atoms with Crippen molar-refractivity contribution in [2.45, 2.75) is 5.41 Å². The van der Waals surface area contributed by atoms with Gasteiger partial charge in [0.1, 0.15) is 0 Å². The van der Waals surface area contributed by atoms with Gasteiger partial charge >= 0.3 is 0 Å². The highest BCUT2D eigenvalue weighted by Crippen LogP contribution is 2.57. The maximum absolute atomic E-state index is 2.46. The van der Waals surface area contributed by atoms with E-state index in [-0.39, 0.29) is 0 Å². The molecule has 0 amide bonds. The van der Waals surface area contributed by atoms with Crippen LogP contribution in [0.15, 0.2) is 364 Å². The van der Waals surface area contributed by atoms with E-state index in [0.29, 0.717) is 0 Å². The van der Waals surface area contributed by atoms with Crippen LogP contribution in [0.1, 0.15) is 22.3 Å². The third kappa shape index (κ3) is 8.94. The fourth-order valence-electron chi connectivity index (χ4n) is 15.3. The first-order chi connectivity index (χ1) is 46.1. The lowest BCUT2D eigenvalue weighted by Crippen LogP contribution is -2.28. The van der Waals surface area contributed by atoms with Crippen molar-refractivity contribution in [2.75, 3.05) is 0 Å². The molecule has 0 spiro atoms. The average Bonchev–Trinajstić information content (AvgIpc) is 1.57. The highest BCUT2D eigenvalue weighted by Gasteiger charge is 2.46. The Morgan fingerprint density at radius 2 is 0.505 bits per heavy atom. The summed E-state index contributed by atoms with van der Waals surface area (Å²) in [5.74, 6) is 0. The third-order valence-electron chi connectivity index (χ3n) is 19.7. The minimum atomic E-state index is -0.547. The summed E-state index contributed by atoms with van der Waals surface area (Å²) in [5.41, 5.74) is 30.9. The van der Waals surface area contributed by atoms with Gasteiger partial charge in [0.25, 0.3) is 0 Å². The van der Waals surface area contributed by atoms with Gasteiger partial charge in [-0.2, -0.15) is 0 Å². The average molecular weight is 1180 g/mol. The zero-order valence-corrected chi connectivity index (χ0v) is 51.0. The van der Waals surface area contributed by atoms with E-state index in [9.17, 15) is 0 Å². The predicted octanol–water partition coefficient (Wildman–Crippen LogP) is 23.9. The summed E-state index contributed by atoms with van der Waals surface area (Å²) in [4.78, 5) is 0. The van der Waals surface area contributed by atoms with Crippen LogP contribution in [0.2, 0.25) is 0 Å². The quantitative estimate of drug-likeness (QED) is 0.122. The molecule has 0 radical (unpaired) electrons. The minimum Gasteiger partial charge on any atom is -0.309 e. The van der Waals surface area contributed by atoms with Gasteiger partial charge < -0.3 is 9.13 Å². The van der Waals surface area contributed by atoms with Crippen molar-refractivity contribution in [3.05, 3.63) is 386 Å². The van der Waals surface area contributed by atoms with Crippen LogP contribution in [-0.2, 0) is 5.41 Å². The summed E-state index contributed by atoms with van der Waals surface area (Å²) in [6.07, 6.45) is 0. The molecule has 0 aliphatic heterocycles. The summed E-state index contributed by atoms with van der Waals surface area (Å²) in [6.45, 7) is 0. The highest BCUT2D eigenvalue weighted by atomic mass is 15.0. The van der Waals surface area contributed by atoms with Gasteiger partial charge in [0.2, 0.25) is 0 Å². The van der Waals surface area contributed by atoms with E-state index in [1.807, 2.05) is 0 Å². The van der Waals surface area contributed by atoms with Crippen LogP contribution in [0.3, 0.4) is 0 Å². The minimum absolute atomic E-state index is 0.547. The Labute approximate surface area is 541 Å². The Bertz CT molecular complexity index is 5650. The molecule has 18 rings (SSSR count). The van der Waals surface area contributed by atoms with Gasteiger partial charge in [-0.05, 0) is 172 Å². The Kier molecular flexibility index (Phi) is 12.8. The molecule has 434 valence electrons. The Morgan fingerprint density at radius 3 is 1.00 bits per heavy atom. The van der Waals surface area contributed by atoms with Crippen LogP contribution in [0, 0.1) is 0 Å². The summed E-state index contributed by atoms with van der Waals surface area (Å²) in [6, 6.07) is 135. The van der Waals surface area contributed by atoms with Crippen molar-refractivity contribution < 1.29 is 0 Å². The van der Waals surface area contributed by atoms with Gasteiger partial charge in [-0.3, -0.25) is 0 Å². The number of benzene rings is 15. The van der Waals surface area contributed by atoms with Gasteiger partial charge in [0, 0.05) is 32.8 Å². The molecular formula is C91H60N2. The van der Waals surface area contributed by atoms with Crippen molar-refractivity contribution >= 4 is 43.6 Å². The molecule has 2 heterocycles. The van der Waals surface area contributed by atoms with Crippen LogP contribution in [0.4, 0.5) is 0 Å². The Morgan fingerprint density at radius 1 is 0.183 bits per heavy atom. The van der Waals surface area contributed by atoms with E-state index in [1.165, 1.54) is 155 Å². The summed E-state index contributed by atoms with van der Waals surface area (Å²) in [7, 11) is 0. The molecule has 0 saturated heterocycles. The van der Waals surface area contributed by atoms with E-state index in [1.54, 1.807) is 0 Å². The number of nitrogens with zero attached hydrogens (tertiary/aromatic N) is 2. The van der Waals surface area contributed by atoms with Crippen molar-refractivity contribution in [1.82, 2.24) is 9.13 Å². The van der Waals surface area contributed by atoms with Gasteiger partial charge in [0.05, 0.1) is 33.2 Å². The van der Waals surface area contributed by atoms with Crippen molar-refractivity contribution in [3.63, 3.8) is 0 Å². The predicted molar refractivity (Wildman–Crippen MR) is 390 cm³/mol. The fraction of sp³-hybridized carbons (Fsp3) is 0.0110. The van der Waals surface area contributed by atoms with Gasteiger partial charge in [-0.1, -0.05) is 297 Å². The topological polar surface area (TPSA) is 9.86 Å². The molecule has 0 unspecified atom stereocenters. The molecule has 0 fully saturated rings. The van der Waals surface area contributed by atoms with E-state index < -0.39 is 5.41 Å². The van der Waals surface area contributed by atoms with Crippen LogP contribution < -0.4 is 0 Å². The molecule has 0 saturated carbocycles. The number of aromatic nitrogens is 2. The third-order valence-corrected chi connectivity index (χ3v) is 19.7. The standard InChI is InChI=1S/C91H60N2/c1-3-19-61(20-4-1)63-37-41-67(42-38-63)70-23-17-25-74(57-70)91(84-32-12-7-28-78(84)79-29-8-13-33-85(79)91)75-26-18-24-71(58-75)68-43-39-64(40-44-68)65-45-47-69(48-46-65)77-27-9-14-34-86(77)93-88-36-16-11-31-81(88)83-60-73(52-56-90(83)93)72-51-55-89-82(59-72)80-30-10-15-35-87(80)92(89)76-53-49-66(50-54-76)62-21-5-2-6-22-62/h1-60H. The molecule has 2 nitrogen and oxygen atoms in total. The molecule has 1 aliphatic rings. The number of fused-ring (bicyclic) bond motifs is 9. The molecule has 2 heteroatoms. The highest BCUT2D eigenvalue weighted by molar-refractivity contribution is 6.13. The van der Waals surface area contributed by atoms with Crippen LogP contribution in [0.5, 0.6) is 0 Å². The molecule has 17 aromatic rings. The van der Waals surface area contributed by atoms with Crippen LogP contribution in [-0.4, -0.2) is 9.13 Å². The first kappa shape index (κ1) is 53.9. The number of rotatable bonds is 11. The Hall–Kier alpha value is -12.1. The van der Waals surface area contributed by atoms with Crippen LogP contribution in [0.25, 0.3) is 144 Å². The SMILES string of the molecule is c1ccc(-c2ccc(-c3cccc(C4(c5cccc(-c6ccc(-c7ccc(-c8ccccc8-n8c9ccccc9c9cc(-c%10ccc%11c(c%10)c%10ccccc%10n%11-c%10ccc(-c%11ccccc%11)cc%10)ccc98)cc7)cc6)c5)c5ccccc5-c5ccccc54)c3)cc2)cc1. The molecule has 2 aromatic heterocycles. The maximum atomic E-state index is 2.46. The monoisotopic (exact) mass is 1180 g/mol. The first-order valence-electron chi connectivity index (χ1n) is 32.2. The zero-order chi connectivity index (χ0) is 61.4. The van der Waals surface area contributed by atoms with Gasteiger partial charge in [-0.15, -0.1) is 0 Å². The van der Waals surface area contributed by atoms with E-state index in [4.69, 9.17) is 0 Å². The maximum Gasteiger partial charge on any atom is 0.0713 e. The summed E-state index contributed by atoms with van der Waals surface area (Å²) < 4.78 is 4.86. The normalized spacial score (nSPS) is 12.4. The molecule has 15 aromatic carbocycles. The van der Waals surface area contributed by atoms with E-state index in [2.05, 4.69) is 373 Å².